The van der Waals surface area contributed by atoms with Gasteiger partial charge in [-0.3, -0.25) is 4.79 Å². The Kier molecular flexibility index (Phi) is 4.05. The molecular weight excluding hydrogens is 336 g/mol. The summed E-state index contributed by atoms with van der Waals surface area (Å²) in [4.78, 5) is 19.1. The van der Waals surface area contributed by atoms with Gasteiger partial charge < -0.3 is 14.7 Å². The van der Waals surface area contributed by atoms with Gasteiger partial charge in [-0.2, -0.15) is 0 Å². The second kappa shape index (κ2) is 6.37. The number of aromatic nitrogens is 1. The predicted molar refractivity (Wildman–Crippen MR) is 98.4 cm³/mol. The van der Waals surface area contributed by atoms with Crippen molar-refractivity contribution in [2.45, 2.75) is 12.8 Å². The zero-order valence-electron chi connectivity index (χ0n) is 13.9. The summed E-state index contributed by atoms with van der Waals surface area (Å²) in [6.07, 6.45) is 2.15. The van der Waals surface area contributed by atoms with Crippen LogP contribution in [0.5, 0.6) is 11.5 Å². The van der Waals surface area contributed by atoms with Gasteiger partial charge in [-0.15, -0.1) is 11.3 Å². The highest BCUT2D eigenvalue weighted by molar-refractivity contribution is 7.21. The molecule has 2 heterocycles. The highest BCUT2D eigenvalue weighted by Crippen LogP contribution is 2.41. The van der Waals surface area contributed by atoms with Crippen molar-refractivity contribution < 1.29 is 14.6 Å². The van der Waals surface area contributed by atoms with E-state index in [4.69, 9.17) is 4.74 Å². The lowest BCUT2D eigenvalue weighted by Crippen LogP contribution is -2.27. The zero-order valence-corrected chi connectivity index (χ0v) is 14.7. The van der Waals surface area contributed by atoms with E-state index >= 15 is 0 Å². The van der Waals surface area contributed by atoms with Crippen LogP contribution in [0.3, 0.4) is 0 Å². The number of phenols is 1. The molecule has 2 aromatic carbocycles. The van der Waals surface area contributed by atoms with Crippen LogP contribution in [0.4, 0.5) is 0 Å². The fourth-order valence-corrected chi connectivity index (χ4v) is 4.24. The Hall–Kier alpha value is -2.60. The molecule has 0 unspecified atom stereocenters. The van der Waals surface area contributed by atoms with Gasteiger partial charge in [0, 0.05) is 18.7 Å². The number of methoxy groups -OCH3 is 1. The van der Waals surface area contributed by atoms with Crippen LogP contribution in [0.2, 0.25) is 0 Å². The number of carbonyl (C=O) groups is 1. The fraction of sp³-hybridized carbons (Fsp3) is 0.263. The molecular formula is C19H18N2O3S. The highest BCUT2D eigenvalue weighted by Gasteiger charge is 2.21. The Bertz CT molecular complexity index is 945. The third kappa shape index (κ3) is 2.82. The smallest absolute Gasteiger partial charge is 0.253 e. The lowest BCUT2D eigenvalue weighted by molar-refractivity contribution is 0.0793. The molecule has 1 fully saturated rings. The summed E-state index contributed by atoms with van der Waals surface area (Å²) in [5, 5.41) is 10.9. The quantitative estimate of drug-likeness (QED) is 0.774. The molecule has 0 atom stereocenters. The van der Waals surface area contributed by atoms with Gasteiger partial charge >= 0.3 is 0 Å². The first kappa shape index (κ1) is 15.9. The van der Waals surface area contributed by atoms with E-state index in [1.165, 1.54) is 11.3 Å². The number of benzene rings is 2. The molecule has 0 aliphatic carbocycles. The predicted octanol–water partition coefficient (Wildman–Crippen LogP) is 3.91. The van der Waals surface area contributed by atoms with Crippen LogP contribution < -0.4 is 4.74 Å². The molecule has 1 aliphatic heterocycles. The molecule has 0 bridgehead atoms. The van der Waals surface area contributed by atoms with Crippen LogP contribution in [-0.2, 0) is 0 Å². The lowest BCUT2D eigenvalue weighted by atomic mass is 10.2. The Morgan fingerprint density at radius 1 is 1.24 bits per heavy atom. The van der Waals surface area contributed by atoms with Crippen LogP contribution in [0, 0.1) is 0 Å². The van der Waals surface area contributed by atoms with E-state index in [-0.39, 0.29) is 11.7 Å². The molecule has 1 N–H and O–H groups in total. The first-order valence-corrected chi connectivity index (χ1v) is 9.05. The highest BCUT2D eigenvalue weighted by atomic mass is 32.1. The summed E-state index contributed by atoms with van der Waals surface area (Å²) in [5.41, 5.74) is 2.08. The summed E-state index contributed by atoms with van der Waals surface area (Å²) in [5.74, 6) is 0.786. The van der Waals surface area contributed by atoms with Crippen LogP contribution >= 0.6 is 11.3 Å². The molecule has 25 heavy (non-hydrogen) atoms. The number of ether oxygens (including phenoxy) is 1. The molecule has 0 spiro atoms. The van der Waals surface area contributed by atoms with Gasteiger partial charge in [0.25, 0.3) is 5.91 Å². The first-order chi connectivity index (χ1) is 12.2. The summed E-state index contributed by atoms with van der Waals surface area (Å²) in [6, 6.07) is 10.7. The number of amides is 1. The number of hydrogen-bond donors (Lipinski definition) is 1. The van der Waals surface area contributed by atoms with E-state index in [0.29, 0.717) is 21.9 Å². The third-order valence-electron chi connectivity index (χ3n) is 4.47. The van der Waals surface area contributed by atoms with Gasteiger partial charge in [0.2, 0.25) is 0 Å². The second-order valence-corrected chi connectivity index (χ2v) is 7.09. The van der Waals surface area contributed by atoms with Crippen molar-refractivity contribution in [3.05, 3.63) is 42.0 Å². The summed E-state index contributed by atoms with van der Waals surface area (Å²) in [7, 11) is 1.57. The number of hydrogen-bond acceptors (Lipinski definition) is 5. The van der Waals surface area contributed by atoms with Crippen molar-refractivity contribution in [1.29, 1.82) is 0 Å². The SMILES string of the molecule is COc1cccc(O)c1-c1nc2ccc(C(=O)N3CCCC3)cc2s1. The normalized spacial score (nSPS) is 14.2. The average molecular weight is 354 g/mol. The molecule has 1 aliphatic rings. The van der Waals surface area contributed by atoms with Crippen molar-refractivity contribution >= 4 is 27.5 Å². The Balaban J connectivity index is 1.75. The fourth-order valence-electron chi connectivity index (χ4n) is 3.17. The van der Waals surface area contributed by atoms with Crippen molar-refractivity contribution in [2.75, 3.05) is 20.2 Å². The van der Waals surface area contributed by atoms with E-state index in [0.717, 1.165) is 36.1 Å². The van der Waals surface area contributed by atoms with E-state index in [1.54, 1.807) is 25.3 Å². The topological polar surface area (TPSA) is 62.7 Å². The van der Waals surface area contributed by atoms with Gasteiger partial charge in [0.05, 0.1) is 22.9 Å². The standard InChI is InChI=1S/C19H18N2O3S/c1-24-15-6-4-5-14(22)17(15)18-20-13-8-7-12(11-16(13)25-18)19(23)21-9-2-3-10-21/h4-8,11,22H,2-3,9-10H2,1H3. The molecule has 6 heteroatoms. The van der Waals surface area contributed by atoms with Gasteiger partial charge in [0.1, 0.15) is 16.5 Å². The molecule has 4 rings (SSSR count). The molecule has 128 valence electrons. The number of nitrogens with zero attached hydrogens (tertiary/aromatic N) is 2. The van der Waals surface area contributed by atoms with Crippen LogP contribution in [-0.4, -0.2) is 41.1 Å². The molecule has 1 saturated heterocycles. The van der Waals surface area contributed by atoms with Crippen LogP contribution in [0.1, 0.15) is 23.2 Å². The monoisotopic (exact) mass is 354 g/mol. The van der Waals surface area contributed by atoms with E-state index in [1.807, 2.05) is 23.1 Å². The summed E-state index contributed by atoms with van der Waals surface area (Å²) >= 11 is 1.45. The Labute approximate surface area is 149 Å². The molecule has 0 saturated carbocycles. The van der Waals surface area contributed by atoms with Crippen molar-refractivity contribution in [2.24, 2.45) is 0 Å². The van der Waals surface area contributed by atoms with E-state index in [2.05, 4.69) is 4.98 Å². The molecule has 1 amide bonds. The zero-order chi connectivity index (χ0) is 17.4. The Morgan fingerprint density at radius 2 is 2.04 bits per heavy atom. The molecule has 1 aromatic heterocycles. The minimum Gasteiger partial charge on any atom is -0.507 e. The molecule has 5 nitrogen and oxygen atoms in total. The van der Waals surface area contributed by atoms with Gasteiger partial charge in [-0.25, -0.2) is 4.98 Å². The number of fused-ring (bicyclic) bond motifs is 1. The van der Waals surface area contributed by atoms with Crippen molar-refractivity contribution in [3.8, 4) is 22.1 Å². The number of phenolic OH excluding ortho intramolecular Hbond substituents is 1. The van der Waals surface area contributed by atoms with Gasteiger partial charge in [0.15, 0.2) is 0 Å². The maximum Gasteiger partial charge on any atom is 0.253 e. The van der Waals surface area contributed by atoms with Crippen molar-refractivity contribution in [1.82, 2.24) is 9.88 Å². The van der Waals surface area contributed by atoms with Crippen LogP contribution in [0.15, 0.2) is 36.4 Å². The van der Waals surface area contributed by atoms with E-state index < -0.39 is 0 Å². The number of rotatable bonds is 3. The summed E-state index contributed by atoms with van der Waals surface area (Å²) in [6.45, 7) is 1.67. The van der Waals surface area contributed by atoms with Gasteiger partial charge in [-0.1, -0.05) is 6.07 Å². The number of carbonyl (C=O) groups excluding carboxylic acids is 1. The molecule has 0 radical (unpaired) electrons. The Morgan fingerprint density at radius 3 is 2.80 bits per heavy atom. The summed E-state index contributed by atoms with van der Waals surface area (Å²) < 4.78 is 6.27. The largest absolute Gasteiger partial charge is 0.507 e. The minimum atomic E-state index is 0.0782. The van der Waals surface area contributed by atoms with Crippen molar-refractivity contribution in [3.63, 3.8) is 0 Å². The number of likely N-dealkylation sites (tertiary alicyclic amines) is 1. The average Bonchev–Trinajstić information content (AvgIpc) is 3.29. The second-order valence-electron chi connectivity index (χ2n) is 6.06. The maximum atomic E-state index is 12.6. The molecule has 3 aromatic rings. The maximum absolute atomic E-state index is 12.6. The lowest BCUT2D eigenvalue weighted by Gasteiger charge is -2.14. The van der Waals surface area contributed by atoms with Gasteiger partial charge in [-0.05, 0) is 43.2 Å². The first-order valence-electron chi connectivity index (χ1n) is 8.23. The number of thiazole rings is 1. The third-order valence-corrected chi connectivity index (χ3v) is 5.50. The number of aromatic hydroxyl groups is 1. The minimum absolute atomic E-state index is 0.0782. The van der Waals surface area contributed by atoms with E-state index in [9.17, 15) is 9.90 Å². The van der Waals surface area contributed by atoms with Crippen LogP contribution in [0.25, 0.3) is 20.8 Å².